The molecule has 1 amide bonds. The predicted octanol–water partition coefficient (Wildman–Crippen LogP) is 6.14. The van der Waals surface area contributed by atoms with Crippen molar-refractivity contribution in [2.45, 2.75) is 45.3 Å². The Balaban J connectivity index is 1.38. The molecule has 1 N–H and O–H groups in total. The van der Waals surface area contributed by atoms with E-state index >= 15 is 0 Å². The van der Waals surface area contributed by atoms with Crippen molar-refractivity contribution in [2.75, 3.05) is 11.1 Å². The molecule has 4 rings (SSSR count). The molecule has 3 aromatic heterocycles. The van der Waals surface area contributed by atoms with E-state index in [1.165, 1.54) is 33.5 Å². The molecule has 32 heavy (non-hydrogen) atoms. The number of aromatic nitrogens is 4. The molecule has 0 saturated heterocycles. The summed E-state index contributed by atoms with van der Waals surface area (Å²) < 4.78 is 2.06. The first-order valence-corrected chi connectivity index (χ1v) is 13.3. The predicted molar refractivity (Wildman–Crippen MR) is 135 cm³/mol. The van der Waals surface area contributed by atoms with Gasteiger partial charge in [0, 0.05) is 33.3 Å². The second-order valence-corrected chi connectivity index (χ2v) is 10.1. The zero-order valence-electron chi connectivity index (χ0n) is 18.3. The molecule has 0 unspecified atom stereocenters. The molecular weight excluding hydrogens is 458 g/mol. The van der Waals surface area contributed by atoms with Gasteiger partial charge in [-0.3, -0.25) is 4.79 Å². The minimum atomic E-state index is -0.104. The van der Waals surface area contributed by atoms with E-state index in [-0.39, 0.29) is 11.7 Å². The Morgan fingerprint density at radius 3 is 2.66 bits per heavy atom. The van der Waals surface area contributed by atoms with Crippen molar-refractivity contribution in [3.63, 3.8) is 0 Å². The van der Waals surface area contributed by atoms with E-state index in [1.807, 2.05) is 17.5 Å². The van der Waals surface area contributed by atoms with Gasteiger partial charge in [0.05, 0.1) is 11.4 Å². The van der Waals surface area contributed by atoms with Gasteiger partial charge in [0.2, 0.25) is 5.91 Å². The lowest BCUT2D eigenvalue weighted by Gasteiger charge is -2.06. The van der Waals surface area contributed by atoms with Crippen LogP contribution < -0.4 is 5.32 Å². The molecule has 0 aliphatic carbocycles. The summed E-state index contributed by atoms with van der Waals surface area (Å²) in [5, 5.41) is 17.1. The van der Waals surface area contributed by atoms with Crippen LogP contribution >= 0.6 is 34.4 Å². The fourth-order valence-corrected chi connectivity index (χ4v) is 5.75. The zero-order valence-corrected chi connectivity index (χ0v) is 20.7. The van der Waals surface area contributed by atoms with Gasteiger partial charge in [-0.1, -0.05) is 54.9 Å². The zero-order chi connectivity index (χ0) is 22.5. The lowest BCUT2D eigenvalue weighted by Crippen LogP contribution is -2.14. The Labute approximate surface area is 200 Å². The quantitative estimate of drug-likeness (QED) is 0.289. The van der Waals surface area contributed by atoms with E-state index in [9.17, 15) is 4.79 Å². The van der Waals surface area contributed by atoms with Crippen molar-refractivity contribution in [3.05, 3.63) is 51.5 Å². The van der Waals surface area contributed by atoms with Crippen molar-refractivity contribution in [3.8, 4) is 22.6 Å². The van der Waals surface area contributed by atoms with E-state index in [0.29, 0.717) is 5.13 Å². The lowest BCUT2D eigenvalue weighted by atomic mass is 10.1. The molecule has 3 heterocycles. The molecule has 9 heteroatoms. The van der Waals surface area contributed by atoms with Crippen LogP contribution in [0, 0.1) is 6.92 Å². The molecule has 0 aliphatic rings. The third-order valence-corrected chi connectivity index (χ3v) is 7.59. The molecule has 0 saturated carbocycles. The molecule has 0 atom stereocenters. The lowest BCUT2D eigenvalue weighted by molar-refractivity contribution is -0.113. The number of nitrogens with one attached hydrogen (secondary N) is 1. The molecule has 0 aliphatic heterocycles. The topological polar surface area (TPSA) is 72.7 Å². The molecule has 0 fully saturated rings. The van der Waals surface area contributed by atoms with E-state index in [1.54, 1.807) is 11.3 Å². The molecule has 4 aromatic rings. The smallest absolute Gasteiger partial charge is 0.236 e. The second-order valence-electron chi connectivity index (χ2n) is 7.34. The minimum Gasteiger partial charge on any atom is -0.302 e. The highest BCUT2D eigenvalue weighted by atomic mass is 32.2. The average Bonchev–Trinajstić information content (AvgIpc) is 3.52. The number of rotatable bonds is 9. The summed E-state index contributed by atoms with van der Waals surface area (Å²) in [6.07, 6.45) is 2.21. The third-order valence-electron chi connectivity index (χ3n) is 4.87. The highest BCUT2D eigenvalue weighted by Crippen LogP contribution is 2.29. The number of nitrogens with zero attached hydrogens (tertiary/aromatic N) is 4. The number of amides is 1. The van der Waals surface area contributed by atoms with Gasteiger partial charge in [-0.15, -0.1) is 32.9 Å². The number of anilines is 1. The van der Waals surface area contributed by atoms with Gasteiger partial charge >= 0.3 is 0 Å². The van der Waals surface area contributed by atoms with E-state index < -0.39 is 0 Å². The van der Waals surface area contributed by atoms with Gasteiger partial charge in [-0.2, -0.15) is 0 Å². The summed E-state index contributed by atoms with van der Waals surface area (Å²) in [7, 11) is 0. The maximum absolute atomic E-state index is 12.5. The first-order chi connectivity index (χ1) is 15.6. The molecular formula is C23H25N5OS3. The first-order valence-electron chi connectivity index (χ1n) is 10.5. The van der Waals surface area contributed by atoms with E-state index in [4.69, 9.17) is 0 Å². The largest absolute Gasteiger partial charge is 0.302 e. The molecule has 1 aromatic carbocycles. The molecule has 0 spiro atoms. The van der Waals surface area contributed by atoms with Crippen LogP contribution in [0.1, 0.15) is 30.7 Å². The summed E-state index contributed by atoms with van der Waals surface area (Å²) in [4.78, 5) is 18.4. The molecule has 0 bridgehead atoms. The Morgan fingerprint density at radius 2 is 1.91 bits per heavy atom. The summed E-state index contributed by atoms with van der Waals surface area (Å²) in [5.74, 6) is 1.01. The normalized spacial score (nSPS) is 11.1. The van der Waals surface area contributed by atoms with Gasteiger partial charge in [0.15, 0.2) is 16.1 Å². The number of thioether (sulfide) groups is 1. The third kappa shape index (κ3) is 5.28. The maximum atomic E-state index is 12.5. The van der Waals surface area contributed by atoms with Crippen molar-refractivity contribution >= 4 is 45.5 Å². The SMILES string of the molecule is CCCc1cc(-c2nnc(SCC(=O)Nc3nc(-c4ccc(C)cc4)cs3)n2CC)cs1. The summed E-state index contributed by atoms with van der Waals surface area (Å²) in [5.41, 5.74) is 4.21. The van der Waals surface area contributed by atoms with Gasteiger partial charge in [-0.25, -0.2) is 4.98 Å². The average molecular weight is 484 g/mol. The fraction of sp³-hybridized carbons (Fsp3) is 0.304. The van der Waals surface area contributed by atoms with E-state index in [2.05, 4.69) is 69.4 Å². The van der Waals surface area contributed by atoms with Crippen LogP contribution in [0.25, 0.3) is 22.6 Å². The molecule has 166 valence electrons. The summed E-state index contributed by atoms with van der Waals surface area (Å²) in [6.45, 7) is 7.05. The number of aryl methyl sites for hydroxylation is 2. The van der Waals surface area contributed by atoms with Crippen LogP contribution in [-0.4, -0.2) is 31.4 Å². The maximum Gasteiger partial charge on any atom is 0.236 e. The van der Waals surface area contributed by atoms with Crippen LogP contribution in [0.4, 0.5) is 5.13 Å². The first kappa shape index (κ1) is 22.7. The monoisotopic (exact) mass is 483 g/mol. The van der Waals surface area contributed by atoms with Gasteiger partial charge in [0.1, 0.15) is 0 Å². The van der Waals surface area contributed by atoms with Crippen LogP contribution in [0.5, 0.6) is 0 Å². The van der Waals surface area contributed by atoms with Crippen molar-refractivity contribution < 1.29 is 4.79 Å². The number of thiazole rings is 1. The van der Waals surface area contributed by atoms with Crippen molar-refractivity contribution in [1.82, 2.24) is 19.7 Å². The van der Waals surface area contributed by atoms with Crippen LogP contribution in [0.3, 0.4) is 0 Å². The van der Waals surface area contributed by atoms with E-state index in [0.717, 1.165) is 47.2 Å². The van der Waals surface area contributed by atoms with Gasteiger partial charge < -0.3 is 9.88 Å². The highest BCUT2D eigenvalue weighted by molar-refractivity contribution is 7.99. The molecule has 6 nitrogen and oxygen atoms in total. The Bertz CT molecular complexity index is 1190. The van der Waals surface area contributed by atoms with Crippen molar-refractivity contribution in [1.29, 1.82) is 0 Å². The number of hydrogen-bond donors (Lipinski definition) is 1. The number of hydrogen-bond acceptors (Lipinski definition) is 7. The second kappa shape index (κ2) is 10.4. The van der Waals surface area contributed by atoms with Crippen LogP contribution in [0.2, 0.25) is 0 Å². The summed E-state index contributed by atoms with van der Waals surface area (Å²) in [6, 6.07) is 10.4. The minimum absolute atomic E-state index is 0.104. The Morgan fingerprint density at radius 1 is 1.09 bits per heavy atom. The summed E-state index contributed by atoms with van der Waals surface area (Å²) >= 11 is 4.58. The number of carbonyl (C=O) groups is 1. The van der Waals surface area contributed by atoms with Crippen LogP contribution in [-0.2, 0) is 17.8 Å². The Hall–Kier alpha value is -2.49. The number of thiophene rings is 1. The fourth-order valence-electron chi connectivity index (χ4n) is 3.24. The van der Waals surface area contributed by atoms with Gasteiger partial charge in [0.25, 0.3) is 0 Å². The highest BCUT2D eigenvalue weighted by Gasteiger charge is 2.16. The van der Waals surface area contributed by atoms with Crippen molar-refractivity contribution in [2.24, 2.45) is 0 Å². The van der Waals surface area contributed by atoms with Crippen LogP contribution in [0.15, 0.2) is 46.2 Å². The number of benzene rings is 1. The molecule has 0 radical (unpaired) electrons. The standard InChI is InChI=1S/C23H25N5OS3/c1-4-6-18-11-17(12-30-18)21-26-27-23(28(21)5-2)32-14-20(29)25-22-24-19(13-31-22)16-9-7-15(3)8-10-16/h7-13H,4-6,14H2,1-3H3,(H,24,25,29). The Kier molecular flexibility index (Phi) is 7.39. The van der Waals surface area contributed by atoms with Gasteiger partial charge in [-0.05, 0) is 26.3 Å². The number of carbonyl (C=O) groups excluding carboxylic acids is 1.